The van der Waals surface area contributed by atoms with Gasteiger partial charge in [-0.05, 0) is 59.9 Å². The Morgan fingerprint density at radius 2 is 1.61 bits per heavy atom. The lowest BCUT2D eigenvalue weighted by atomic mass is 9.78. The van der Waals surface area contributed by atoms with Crippen molar-refractivity contribution in [3.05, 3.63) is 152 Å². The molecule has 1 aliphatic rings. The molecule has 0 aromatic heterocycles. The fraction of sp³-hybridized carbons (Fsp3) is 0.139. The number of thioether (sulfide) groups is 1. The van der Waals surface area contributed by atoms with Gasteiger partial charge in [-0.15, -0.1) is 0 Å². The third kappa shape index (κ3) is 6.14. The fourth-order valence-corrected chi connectivity index (χ4v) is 7.54. The van der Waals surface area contributed by atoms with Crippen LogP contribution in [0.1, 0.15) is 45.9 Å². The van der Waals surface area contributed by atoms with Gasteiger partial charge in [0.05, 0.1) is 41.3 Å². The summed E-state index contributed by atoms with van der Waals surface area (Å²) in [5.74, 6) is 0.107. The highest BCUT2D eigenvalue weighted by molar-refractivity contribution is 9.10. The molecule has 2 N–H and O–H groups in total. The summed E-state index contributed by atoms with van der Waals surface area (Å²) < 4.78 is 6.59. The van der Waals surface area contributed by atoms with Crippen molar-refractivity contribution in [2.75, 3.05) is 7.11 Å². The van der Waals surface area contributed by atoms with Gasteiger partial charge in [-0.2, -0.15) is 10.5 Å². The van der Waals surface area contributed by atoms with Crippen molar-refractivity contribution >= 4 is 39.3 Å². The van der Waals surface area contributed by atoms with E-state index in [0.29, 0.717) is 34.0 Å². The maximum absolute atomic E-state index is 13.3. The molecule has 1 heterocycles. The zero-order valence-corrected chi connectivity index (χ0v) is 26.6. The lowest BCUT2D eigenvalue weighted by Gasteiger charge is -2.38. The van der Waals surface area contributed by atoms with Gasteiger partial charge in [0.2, 0.25) is 0 Å². The molecule has 4 aromatic rings. The number of rotatable bonds is 8. The number of nitriles is 2. The average Bonchev–Trinajstić information content (AvgIpc) is 3.05. The number of amides is 2. The van der Waals surface area contributed by atoms with Crippen molar-refractivity contribution in [2.45, 2.75) is 24.5 Å². The first kappa shape index (κ1) is 30.7. The molecular formula is C36H29BrN4O2S. The largest absolute Gasteiger partial charge is 0.496 e. The van der Waals surface area contributed by atoms with E-state index in [1.54, 1.807) is 19.2 Å². The number of carbonyl (C=O) groups is 1. The molecule has 2 atom stereocenters. The summed E-state index contributed by atoms with van der Waals surface area (Å²) >= 11 is 5.18. The smallest absolute Gasteiger partial charge is 0.324 e. The first-order valence-electron chi connectivity index (χ1n) is 13.9. The number of ether oxygens (including phenoxy) is 1. The van der Waals surface area contributed by atoms with Gasteiger partial charge in [-0.25, -0.2) is 4.79 Å². The van der Waals surface area contributed by atoms with Gasteiger partial charge in [0, 0.05) is 21.0 Å². The molecule has 0 saturated carbocycles. The van der Waals surface area contributed by atoms with Gasteiger partial charge in [0.1, 0.15) is 5.75 Å². The zero-order chi connectivity index (χ0) is 31.2. The Labute approximate surface area is 270 Å². The van der Waals surface area contributed by atoms with E-state index in [4.69, 9.17) is 10.5 Å². The van der Waals surface area contributed by atoms with Gasteiger partial charge >= 0.3 is 6.03 Å². The van der Waals surface area contributed by atoms with Gasteiger partial charge in [0.15, 0.2) is 0 Å². The lowest BCUT2D eigenvalue weighted by molar-refractivity contribution is 0.231. The molecule has 44 heavy (non-hydrogen) atoms. The summed E-state index contributed by atoms with van der Waals surface area (Å²) in [6.45, 7) is 1.86. The quantitative estimate of drug-likeness (QED) is 0.204. The minimum Gasteiger partial charge on any atom is -0.496 e. The van der Waals surface area contributed by atoms with Gasteiger partial charge in [0.25, 0.3) is 0 Å². The highest BCUT2D eigenvalue weighted by atomic mass is 79.9. The van der Waals surface area contributed by atoms with E-state index in [9.17, 15) is 15.3 Å². The monoisotopic (exact) mass is 660 g/mol. The molecule has 8 heteroatoms. The molecule has 0 spiro atoms. The molecule has 0 aliphatic carbocycles. The number of nitrogens with zero attached hydrogens (tertiary/aromatic N) is 3. The number of nitrogens with two attached hydrogens (primary N) is 1. The first-order chi connectivity index (χ1) is 21.4. The summed E-state index contributed by atoms with van der Waals surface area (Å²) in [7, 11) is 1.60. The number of primary amides is 1. The molecule has 0 saturated heterocycles. The molecule has 218 valence electrons. The second-order valence-corrected chi connectivity index (χ2v) is 12.2. The van der Waals surface area contributed by atoms with Crippen LogP contribution in [0, 0.1) is 22.7 Å². The second kappa shape index (κ2) is 13.7. The summed E-state index contributed by atoms with van der Waals surface area (Å²) in [6, 6.07) is 36.8. The number of hydrogen-bond donors (Lipinski definition) is 1. The van der Waals surface area contributed by atoms with Crippen molar-refractivity contribution in [3.8, 4) is 17.9 Å². The Morgan fingerprint density at radius 3 is 2.25 bits per heavy atom. The van der Waals surface area contributed by atoms with Crippen LogP contribution in [0.4, 0.5) is 4.79 Å². The van der Waals surface area contributed by atoms with Crippen molar-refractivity contribution in [1.29, 1.82) is 10.5 Å². The number of hydrogen-bond acceptors (Lipinski definition) is 5. The van der Waals surface area contributed by atoms with Crippen molar-refractivity contribution in [3.63, 3.8) is 0 Å². The maximum Gasteiger partial charge on any atom is 0.324 e. The normalized spacial score (nSPS) is 15.4. The third-order valence-electron chi connectivity index (χ3n) is 7.62. The number of methoxy groups -OCH3 is 1. The number of para-hydroxylation sites is 1. The number of urea groups is 1. The van der Waals surface area contributed by atoms with Crippen LogP contribution in [-0.2, 0) is 6.42 Å². The predicted molar refractivity (Wildman–Crippen MR) is 178 cm³/mol. The van der Waals surface area contributed by atoms with Crippen LogP contribution in [0.5, 0.6) is 5.75 Å². The summed E-state index contributed by atoms with van der Waals surface area (Å²) in [4.78, 5) is 14.8. The summed E-state index contributed by atoms with van der Waals surface area (Å²) in [6.07, 6.45) is 0.594. The van der Waals surface area contributed by atoms with Crippen LogP contribution in [0.25, 0.3) is 5.57 Å². The van der Waals surface area contributed by atoms with Gasteiger partial charge < -0.3 is 10.5 Å². The molecule has 2 amide bonds. The summed E-state index contributed by atoms with van der Waals surface area (Å²) in [5, 5.41) is 20.5. The van der Waals surface area contributed by atoms with Crippen LogP contribution < -0.4 is 10.5 Å². The summed E-state index contributed by atoms with van der Waals surface area (Å²) in [5.41, 5.74) is 12.2. The van der Waals surface area contributed by atoms with E-state index in [1.165, 1.54) is 16.7 Å². The Bertz CT molecular complexity index is 1840. The Balaban J connectivity index is 1.73. The van der Waals surface area contributed by atoms with Crippen LogP contribution in [0.3, 0.4) is 0 Å². The number of allylic oxidation sites excluding steroid dienone is 3. The second-order valence-electron chi connectivity index (χ2n) is 10.2. The number of benzene rings is 4. The van der Waals surface area contributed by atoms with Gasteiger partial charge in [-0.1, -0.05) is 107 Å². The van der Waals surface area contributed by atoms with E-state index in [-0.39, 0.29) is 5.25 Å². The van der Waals surface area contributed by atoms with Crippen LogP contribution in [0.2, 0.25) is 0 Å². The highest BCUT2D eigenvalue weighted by Gasteiger charge is 2.40. The molecule has 5 rings (SSSR count). The maximum atomic E-state index is 13.3. The molecular weight excluding hydrogens is 632 g/mol. The van der Waals surface area contributed by atoms with E-state index < -0.39 is 11.9 Å². The molecule has 4 aromatic carbocycles. The highest BCUT2D eigenvalue weighted by Crippen LogP contribution is 2.53. The topological polar surface area (TPSA) is 103 Å². The molecule has 2 unspecified atom stereocenters. The molecule has 0 radical (unpaired) electrons. The average molecular weight is 662 g/mol. The van der Waals surface area contributed by atoms with Crippen molar-refractivity contribution in [2.24, 2.45) is 5.73 Å². The Morgan fingerprint density at radius 1 is 0.955 bits per heavy atom. The van der Waals surface area contributed by atoms with E-state index >= 15 is 0 Å². The molecule has 1 aliphatic heterocycles. The lowest BCUT2D eigenvalue weighted by Crippen LogP contribution is -2.37. The minimum atomic E-state index is -0.680. The fourth-order valence-electron chi connectivity index (χ4n) is 5.56. The predicted octanol–water partition coefficient (Wildman–Crippen LogP) is 8.69. The van der Waals surface area contributed by atoms with Crippen LogP contribution >= 0.6 is 27.7 Å². The zero-order valence-electron chi connectivity index (χ0n) is 24.2. The standard InChI is InChI=1S/C36H29BrN4O2S/c1-23-33(28-13-7-9-15-31(28)43-2)34(27-12-6-8-14-30(27)37)29(22-39)35(41(23)36(40)42)44-32(26-10-4-3-5-11-26)20-24-16-18-25(21-38)19-17-24/h3-19,32,34H,20H2,1-2H3,(H2,40,42). The SMILES string of the molecule is COc1ccccc1C1=C(C)N(C(N)=O)C(SC(Cc2ccc(C#N)cc2)c2ccccc2)=C(C#N)C1c1ccccc1Br. The van der Waals surface area contributed by atoms with Crippen molar-refractivity contribution in [1.82, 2.24) is 4.90 Å². The molecule has 6 nitrogen and oxygen atoms in total. The first-order valence-corrected chi connectivity index (χ1v) is 15.6. The third-order valence-corrected chi connectivity index (χ3v) is 9.69. The van der Waals surface area contributed by atoms with Crippen molar-refractivity contribution < 1.29 is 9.53 Å². The van der Waals surface area contributed by atoms with E-state index in [2.05, 4.69) is 28.1 Å². The van der Waals surface area contributed by atoms with E-state index in [0.717, 1.165) is 32.3 Å². The molecule has 0 bridgehead atoms. The van der Waals surface area contributed by atoms with Gasteiger partial charge in [-0.3, -0.25) is 4.90 Å². The number of halogens is 1. The van der Waals surface area contributed by atoms with E-state index in [1.807, 2.05) is 97.9 Å². The molecule has 0 fully saturated rings. The van der Waals surface area contributed by atoms with Crippen LogP contribution in [0.15, 0.2) is 124 Å². The minimum absolute atomic E-state index is 0.176. The number of carbonyl (C=O) groups excluding carboxylic acids is 1. The Kier molecular flexibility index (Phi) is 9.55. The Hall–Kier alpha value is -4.76. The van der Waals surface area contributed by atoms with Crippen LogP contribution in [-0.4, -0.2) is 18.0 Å².